The average molecular weight is 600 g/mol. The Hall–Kier alpha value is -1.90. The van der Waals surface area contributed by atoms with Gasteiger partial charge in [-0.1, -0.05) is 11.6 Å². The smallest absolute Gasteiger partial charge is 0.522 e. The first kappa shape index (κ1) is 20.8. The zero-order chi connectivity index (χ0) is 17.7. The predicted molar refractivity (Wildman–Crippen MR) is 106 cm³/mol. The number of rotatable bonds is 2. The molecule has 0 saturated carbocycles. The van der Waals surface area contributed by atoms with E-state index in [9.17, 15) is 0 Å². The molecule has 142 valence electrons. The zero-order valence-corrected chi connectivity index (χ0v) is 20.4. The number of aliphatic imine (C=N–C) groups is 1. The fourth-order valence-corrected chi connectivity index (χ4v) is 4.10. The maximum absolute atomic E-state index is 5.61. The number of hydrogen-bond donors (Lipinski definition) is 0. The van der Waals surface area contributed by atoms with Crippen LogP contribution in [0.1, 0.15) is 28.3 Å². The van der Waals surface area contributed by atoms with Crippen molar-refractivity contribution in [3.8, 4) is 17.2 Å². The molecule has 2 aromatic carbocycles. The van der Waals surface area contributed by atoms with E-state index in [2.05, 4.69) is 40.2 Å². The van der Waals surface area contributed by atoms with E-state index in [-0.39, 0.29) is 44.6 Å². The van der Waals surface area contributed by atoms with Crippen LogP contribution in [0.5, 0.6) is 17.2 Å². The van der Waals surface area contributed by atoms with Crippen molar-refractivity contribution in [2.24, 2.45) is 4.99 Å². The van der Waals surface area contributed by atoms with E-state index in [1.165, 1.54) is 16.8 Å². The molecule has 0 radical (unpaired) electrons. The molecule has 0 aliphatic carbocycles. The first-order valence-electron chi connectivity index (χ1n) is 8.72. The number of methoxy groups -OCH3 is 1. The number of hydrogen-bond acceptors (Lipinski definition) is 5. The Labute approximate surface area is 189 Å². The summed E-state index contributed by atoms with van der Waals surface area (Å²) < 4.78 is 16.7. The van der Waals surface area contributed by atoms with Gasteiger partial charge < -0.3 is 26.5 Å². The molecule has 0 saturated heterocycles. The summed E-state index contributed by atoms with van der Waals surface area (Å²) in [4.78, 5) is 6.72. The fourth-order valence-electron chi connectivity index (χ4n) is 4.10. The SMILES string of the molecule is CN=CC1c2c(OC)[c-]ccc2C=C2c3cc4c(cc3CCN21)OCO4.[CH3-].[U+2]. The van der Waals surface area contributed by atoms with Crippen LogP contribution >= 0.6 is 0 Å². The van der Waals surface area contributed by atoms with Crippen LogP contribution in [0, 0.1) is 44.6 Å². The van der Waals surface area contributed by atoms with Crippen LogP contribution in [0.4, 0.5) is 0 Å². The van der Waals surface area contributed by atoms with E-state index in [4.69, 9.17) is 14.2 Å². The van der Waals surface area contributed by atoms with Crippen LogP contribution < -0.4 is 14.2 Å². The Bertz CT molecular complexity index is 955. The van der Waals surface area contributed by atoms with Gasteiger partial charge in [-0.2, -0.15) is 12.1 Å². The third-order valence-corrected chi connectivity index (χ3v) is 5.26. The molecule has 6 heteroatoms. The fraction of sp³-hybridized carbons (Fsp3) is 0.273. The van der Waals surface area contributed by atoms with E-state index < -0.39 is 0 Å². The van der Waals surface area contributed by atoms with Crippen LogP contribution in [-0.4, -0.2) is 38.6 Å². The molecule has 0 spiro atoms. The van der Waals surface area contributed by atoms with Gasteiger partial charge >= 0.3 is 31.1 Å². The van der Waals surface area contributed by atoms with E-state index in [0.29, 0.717) is 6.79 Å². The van der Waals surface area contributed by atoms with Gasteiger partial charge in [0.2, 0.25) is 6.79 Å². The van der Waals surface area contributed by atoms with Crippen molar-refractivity contribution in [2.45, 2.75) is 12.5 Å². The molecule has 0 amide bonds. The van der Waals surface area contributed by atoms with Gasteiger partial charge in [0.05, 0.1) is 7.11 Å². The quantitative estimate of drug-likeness (QED) is 0.389. The van der Waals surface area contributed by atoms with Crippen LogP contribution in [-0.2, 0) is 6.42 Å². The minimum absolute atomic E-state index is 0. The van der Waals surface area contributed by atoms with Gasteiger partial charge in [-0.3, -0.25) is 4.99 Å². The van der Waals surface area contributed by atoms with Crippen LogP contribution in [0.15, 0.2) is 29.3 Å². The minimum atomic E-state index is 0. The second-order valence-electron chi connectivity index (χ2n) is 6.57. The van der Waals surface area contributed by atoms with E-state index >= 15 is 0 Å². The minimum Gasteiger partial charge on any atom is -0.522 e. The maximum Gasteiger partial charge on any atom is 2.00 e. The zero-order valence-electron chi connectivity index (χ0n) is 16.3. The molecular formula is C22H22N2O3U. The second-order valence-corrected chi connectivity index (χ2v) is 6.57. The van der Waals surface area contributed by atoms with Crippen LogP contribution in [0.25, 0.3) is 11.8 Å². The average Bonchev–Trinajstić information content (AvgIpc) is 3.13. The number of ether oxygens (including phenoxy) is 3. The summed E-state index contributed by atoms with van der Waals surface area (Å²) in [7, 11) is 3.50. The number of benzene rings is 2. The molecule has 3 aliphatic heterocycles. The maximum atomic E-state index is 5.61. The van der Waals surface area contributed by atoms with Gasteiger partial charge in [0.25, 0.3) is 0 Å². The summed E-state index contributed by atoms with van der Waals surface area (Å²) in [5, 5.41) is 0. The van der Waals surface area contributed by atoms with Crippen molar-refractivity contribution in [1.29, 1.82) is 0 Å². The molecule has 1 atom stereocenters. The molecular weight excluding hydrogens is 578 g/mol. The Morgan fingerprint density at radius 1 is 1.29 bits per heavy atom. The van der Waals surface area contributed by atoms with Crippen molar-refractivity contribution in [3.63, 3.8) is 0 Å². The number of nitrogens with zero attached hydrogens (tertiary/aromatic N) is 2. The van der Waals surface area contributed by atoms with Crippen molar-refractivity contribution in [3.05, 3.63) is 60.0 Å². The normalized spacial score (nSPS) is 18.3. The van der Waals surface area contributed by atoms with E-state index in [1.807, 2.05) is 19.3 Å². The first-order chi connectivity index (χ1) is 12.8. The summed E-state index contributed by atoms with van der Waals surface area (Å²) in [6, 6.07) is 11.5. The Balaban J connectivity index is 0.00000112. The largest absolute Gasteiger partial charge is 2.00 e. The third-order valence-electron chi connectivity index (χ3n) is 5.26. The van der Waals surface area contributed by atoms with Gasteiger partial charge in [-0.25, -0.2) is 0 Å². The molecule has 1 unspecified atom stereocenters. The summed E-state index contributed by atoms with van der Waals surface area (Å²) in [5.74, 6) is 2.44. The van der Waals surface area contributed by atoms with Crippen molar-refractivity contribution in [2.75, 3.05) is 27.5 Å². The van der Waals surface area contributed by atoms with Crippen LogP contribution in [0.3, 0.4) is 0 Å². The Morgan fingerprint density at radius 2 is 2.07 bits per heavy atom. The first-order valence-corrected chi connectivity index (χ1v) is 8.72. The van der Waals surface area contributed by atoms with Crippen LogP contribution in [0.2, 0.25) is 0 Å². The van der Waals surface area contributed by atoms with Gasteiger partial charge in [0, 0.05) is 42.9 Å². The molecule has 28 heavy (non-hydrogen) atoms. The molecule has 2 aromatic rings. The summed E-state index contributed by atoms with van der Waals surface area (Å²) in [6.07, 6.45) is 5.16. The Kier molecular flexibility index (Phi) is 6.12. The van der Waals surface area contributed by atoms with Gasteiger partial charge in [0.15, 0.2) is 11.5 Å². The molecule has 0 N–H and O–H groups in total. The third kappa shape index (κ3) is 3.13. The summed E-state index contributed by atoms with van der Waals surface area (Å²) in [5.41, 5.74) is 5.94. The van der Waals surface area contributed by atoms with E-state index in [0.717, 1.165) is 41.3 Å². The second kappa shape index (κ2) is 8.23. The summed E-state index contributed by atoms with van der Waals surface area (Å²) in [6.45, 7) is 1.20. The molecule has 0 fully saturated rings. The van der Waals surface area contributed by atoms with Crippen molar-refractivity contribution in [1.82, 2.24) is 4.90 Å². The molecule has 0 aromatic heterocycles. The van der Waals surface area contributed by atoms with Crippen molar-refractivity contribution >= 4 is 18.0 Å². The molecule has 0 bridgehead atoms. The van der Waals surface area contributed by atoms with E-state index in [1.54, 1.807) is 7.11 Å². The monoisotopic (exact) mass is 600 g/mol. The molecule has 3 aliphatic rings. The number of fused-ring (bicyclic) bond motifs is 5. The molecule has 3 heterocycles. The van der Waals surface area contributed by atoms with Gasteiger partial charge in [-0.05, 0) is 24.1 Å². The molecule has 5 nitrogen and oxygen atoms in total. The van der Waals surface area contributed by atoms with Gasteiger partial charge in [0.1, 0.15) is 0 Å². The topological polar surface area (TPSA) is 43.3 Å². The standard InChI is InChI=1S/C21H19N2O3.CH3.U/c1-22-11-17-21-14(4-3-5-18(21)24-2)8-16-15-10-20-19(25-12-26-20)9-13(15)6-7-23(16)17;;/h3-4,8-11,17H,6-7,12H2,1-2H3;1H3;/q2*-1;+2. The van der Waals surface area contributed by atoms with Gasteiger partial charge in [-0.15, -0.1) is 11.6 Å². The predicted octanol–water partition coefficient (Wildman–Crippen LogP) is 3.79. The molecule has 5 rings (SSSR count). The van der Waals surface area contributed by atoms with Crippen molar-refractivity contribution < 1.29 is 45.3 Å². The Morgan fingerprint density at radius 3 is 2.82 bits per heavy atom. The summed E-state index contributed by atoms with van der Waals surface area (Å²) >= 11 is 0.